The number of rotatable bonds is 3. The average molecular weight is 263 g/mol. The third kappa shape index (κ3) is 3.75. The molecule has 0 radical (unpaired) electrons. The number of aryl methyl sites for hydroxylation is 1. The van der Waals surface area contributed by atoms with E-state index in [1.54, 1.807) is 24.9 Å². The van der Waals surface area contributed by atoms with E-state index in [0.717, 1.165) is 17.9 Å². The number of anilines is 1. The first-order valence-electron chi connectivity index (χ1n) is 6.53. The van der Waals surface area contributed by atoms with Gasteiger partial charge in [0.1, 0.15) is 0 Å². The molecule has 19 heavy (non-hydrogen) atoms. The van der Waals surface area contributed by atoms with Gasteiger partial charge in [0.25, 0.3) is 0 Å². The lowest BCUT2D eigenvalue weighted by atomic mass is 10.1. The summed E-state index contributed by atoms with van der Waals surface area (Å²) in [5.41, 5.74) is 1.02. The standard InChI is InChI=1S/C14H21N3O2/c1-11-4-5-12(8-15-11)17-7-6-16(9-13(17)18)10-14(2,3)19/h4-5,8,19H,6-7,9-10H2,1-3H3. The summed E-state index contributed by atoms with van der Waals surface area (Å²) in [6.45, 7) is 7.70. The van der Waals surface area contributed by atoms with Crippen LogP contribution in [0.25, 0.3) is 0 Å². The molecule has 0 atom stereocenters. The molecule has 1 aliphatic rings. The Morgan fingerprint density at radius 2 is 2.11 bits per heavy atom. The average Bonchev–Trinajstić information content (AvgIpc) is 2.29. The number of piperazine rings is 1. The summed E-state index contributed by atoms with van der Waals surface area (Å²) in [6, 6.07) is 3.83. The van der Waals surface area contributed by atoms with Crippen molar-refractivity contribution < 1.29 is 9.90 Å². The molecular formula is C14H21N3O2. The highest BCUT2D eigenvalue weighted by Crippen LogP contribution is 2.17. The van der Waals surface area contributed by atoms with Crippen molar-refractivity contribution in [1.29, 1.82) is 0 Å². The zero-order chi connectivity index (χ0) is 14.0. The Hall–Kier alpha value is -1.46. The van der Waals surface area contributed by atoms with Crippen LogP contribution in [0.2, 0.25) is 0 Å². The summed E-state index contributed by atoms with van der Waals surface area (Å²) >= 11 is 0. The molecule has 1 aromatic heterocycles. The molecule has 5 nitrogen and oxygen atoms in total. The molecule has 0 unspecified atom stereocenters. The maximum absolute atomic E-state index is 12.2. The van der Waals surface area contributed by atoms with Crippen LogP contribution >= 0.6 is 0 Å². The summed E-state index contributed by atoms with van der Waals surface area (Å²) < 4.78 is 0. The number of carbonyl (C=O) groups is 1. The highest BCUT2D eigenvalue weighted by atomic mass is 16.3. The monoisotopic (exact) mass is 263 g/mol. The van der Waals surface area contributed by atoms with Gasteiger partial charge in [-0.2, -0.15) is 0 Å². The molecule has 2 rings (SSSR count). The fraction of sp³-hybridized carbons (Fsp3) is 0.571. The molecule has 1 aromatic rings. The zero-order valence-corrected chi connectivity index (χ0v) is 11.8. The molecule has 0 aromatic carbocycles. The Balaban J connectivity index is 2.01. The normalized spacial score (nSPS) is 17.9. The van der Waals surface area contributed by atoms with Crippen LogP contribution in [0.4, 0.5) is 5.69 Å². The molecule has 0 bridgehead atoms. The minimum atomic E-state index is -0.770. The second kappa shape index (κ2) is 5.27. The van der Waals surface area contributed by atoms with Crippen molar-refractivity contribution in [3.8, 4) is 0 Å². The minimum absolute atomic E-state index is 0.0566. The SMILES string of the molecule is Cc1ccc(N2CCN(CC(C)(C)O)CC2=O)cn1. The van der Waals surface area contributed by atoms with Crippen LogP contribution in [0.3, 0.4) is 0 Å². The molecule has 2 heterocycles. The number of carbonyl (C=O) groups excluding carboxylic acids is 1. The maximum Gasteiger partial charge on any atom is 0.241 e. The summed E-state index contributed by atoms with van der Waals surface area (Å²) in [6.07, 6.45) is 1.73. The van der Waals surface area contributed by atoms with Crippen molar-refractivity contribution in [3.05, 3.63) is 24.0 Å². The Labute approximate surface area is 113 Å². The summed E-state index contributed by atoms with van der Waals surface area (Å²) in [5.74, 6) is 0.0566. The first-order valence-corrected chi connectivity index (χ1v) is 6.53. The van der Waals surface area contributed by atoms with E-state index in [1.807, 2.05) is 24.0 Å². The lowest BCUT2D eigenvalue weighted by Crippen LogP contribution is -2.53. The lowest BCUT2D eigenvalue weighted by molar-refractivity contribution is -0.122. The van der Waals surface area contributed by atoms with Gasteiger partial charge in [0.05, 0.1) is 24.0 Å². The van der Waals surface area contributed by atoms with Gasteiger partial charge in [-0.05, 0) is 32.9 Å². The molecule has 1 amide bonds. The van der Waals surface area contributed by atoms with Crippen LogP contribution in [-0.2, 0) is 4.79 Å². The molecule has 1 fully saturated rings. The first-order chi connectivity index (χ1) is 8.85. The first kappa shape index (κ1) is 14.0. The lowest BCUT2D eigenvalue weighted by Gasteiger charge is -2.36. The number of hydrogen-bond acceptors (Lipinski definition) is 4. The highest BCUT2D eigenvalue weighted by molar-refractivity contribution is 5.95. The van der Waals surface area contributed by atoms with Crippen LogP contribution in [-0.4, -0.2) is 52.7 Å². The number of hydrogen-bond donors (Lipinski definition) is 1. The van der Waals surface area contributed by atoms with Crippen molar-refractivity contribution in [2.45, 2.75) is 26.4 Å². The van der Waals surface area contributed by atoms with Gasteiger partial charge in [0.15, 0.2) is 0 Å². The number of aromatic nitrogens is 1. The van der Waals surface area contributed by atoms with E-state index in [4.69, 9.17) is 0 Å². The van der Waals surface area contributed by atoms with Crippen LogP contribution in [0, 0.1) is 6.92 Å². The molecule has 1 saturated heterocycles. The highest BCUT2D eigenvalue weighted by Gasteiger charge is 2.28. The largest absolute Gasteiger partial charge is 0.389 e. The van der Waals surface area contributed by atoms with Gasteiger partial charge in [-0.3, -0.25) is 14.7 Å². The molecule has 0 spiro atoms. The van der Waals surface area contributed by atoms with Crippen molar-refractivity contribution >= 4 is 11.6 Å². The van der Waals surface area contributed by atoms with E-state index in [2.05, 4.69) is 4.98 Å². The van der Waals surface area contributed by atoms with Gasteiger partial charge in [0.2, 0.25) is 5.91 Å². The molecule has 104 valence electrons. The third-order valence-corrected chi connectivity index (χ3v) is 3.12. The Kier molecular flexibility index (Phi) is 3.87. The molecule has 0 aliphatic carbocycles. The van der Waals surface area contributed by atoms with E-state index in [-0.39, 0.29) is 5.91 Å². The van der Waals surface area contributed by atoms with Crippen LogP contribution in [0.5, 0.6) is 0 Å². The van der Waals surface area contributed by atoms with Crippen molar-refractivity contribution in [2.24, 2.45) is 0 Å². The summed E-state index contributed by atoms with van der Waals surface area (Å²) in [4.78, 5) is 20.1. The second-order valence-corrected chi connectivity index (χ2v) is 5.73. The van der Waals surface area contributed by atoms with Crippen LogP contribution in [0.15, 0.2) is 18.3 Å². The number of nitrogens with zero attached hydrogens (tertiary/aromatic N) is 3. The summed E-state index contributed by atoms with van der Waals surface area (Å²) in [7, 11) is 0. The smallest absolute Gasteiger partial charge is 0.241 e. The minimum Gasteiger partial charge on any atom is -0.389 e. The Morgan fingerprint density at radius 3 is 2.63 bits per heavy atom. The van der Waals surface area contributed by atoms with Crippen molar-refractivity contribution in [2.75, 3.05) is 31.1 Å². The molecular weight excluding hydrogens is 242 g/mol. The number of pyridine rings is 1. The van der Waals surface area contributed by atoms with E-state index in [0.29, 0.717) is 19.6 Å². The van der Waals surface area contributed by atoms with Gasteiger partial charge in [-0.25, -0.2) is 0 Å². The number of amides is 1. The van der Waals surface area contributed by atoms with E-state index in [9.17, 15) is 9.90 Å². The van der Waals surface area contributed by atoms with Crippen LogP contribution < -0.4 is 4.90 Å². The molecule has 1 aliphatic heterocycles. The molecule has 5 heteroatoms. The molecule has 1 N–H and O–H groups in total. The Bertz CT molecular complexity index is 451. The molecule has 0 saturated carbocycles. The fourth-order valence-electron chi connectivity index (χ4n) is 2.30. The van der Waals surface area contributed by atoms with Gasteiger partial charge in [-0.1, -0.05) is 0 Å². The van der Waals surface area contributed by atoms with E-state index >= 15 is 0 Å². The van der Waals surface area contributed by atoms with Gasteiger partial charge >= 0.3 is 0 Å². The number of aliphatic hydroxyl groups is 1. The number of β-amino-alcohol motifs (C(OH)–C–C–N with tert-alkyl or cyclic N) is 1. The maximum atomic E-state index is 12.2. The van der Waals surface area contributed by atoms with Crippen molar-refractivity contribution in [3.63, 3.8) is 0 Å². The predicted molar refractivity (Wildman–Crippen MR) is 74.1 cm³/mol. The van der Waals surface area contributed by atoms with Gasteiger partial charge < -0.3 is 10.0 Å². The predicted octanol–water partition coefficient (Wildman–Crippen LogP) is 0.810. The van der Waals surface area contributed by atoms with E-state index in [1.165, 1.54) is 0 Å². The van der Waals surface area contributed by atoms with Crippen LogP contribution in [0.1, 0.15) is 19.5 Å². The van der Waals surface area contributed by atoms with Gasteiger partial charge in [-0.15, -0.1) is 0 Å². The fourth-order valence-corrected chi connectivity index (χ4v) is 2.30. The van der Waals surface area contributed by atoms with E-state index < -0.39 is 5.60 Å². The Morgan fingerprint density at radius 1 is 1.37 bits per heavy atom. The zero-order valence-electron chi connectivity index (χ0n) is 11.8. The topological polar surface area (TPSA) is 56.7 Å². The third-order valence-electron chi connectivity index (χ3n) is 3.12. The summed E-state index contributed by atoms with van der Waals surface area (Å²) in [5, 5.41) is 9.79. The van der Waals surface area contributed by atoms with Gasteiger partial charge in [0, 0.05) is 25.3 Å². The quantitative estimate of drug-likeness (QED) is 0.877. The second-order valence-electron chi connectivity index (χ2n) is 5.73. The van der Waals surface area contributed by atoms with Crippen molar-refractivity contribution in [1.82, 2.24) is 9.88 Å².